The van der Waals surface area contributed by atoms with Crippen molar-refractivity contribution in [3.8, 4) is 5.75 Å². The maximum absolute atomic E-state index is 12.1. The molecule has 6 heteroatoms. The Morgan fingerprint density at radius 1 is 1.40 bits per heavy atom. The predicted molar refractivity (Wildman–Crippen MR) is 71.2 cm³/mol. The molecule has 0 unspecified atom stereocenters. The molecule has 106 valence electrons. The summed E-state index contributed by atoms with van der Waals surface area (Å²) in [6.45, 7) is 1.93. The standard InChI is InChI=1S/C14H15NO5/c1-9(16)4-6-15-11-8-10(14(18)19)2-3-12(11)20-7-5-13(15)17/h2-3,8H,4-7H2,1H3,(H,18,19). The van der Waals surface area contributed by atoms with Crippen LogP contribution in [-0.2, 0) is 9.59 Å². The molecule has 6 nitrogen and oxygen atoms in total. The number of carboxylic acids is 1. The number of carboxylic acid groups (broad SMARTS) is 1. The molecule has 1 heterocycles. The Bertz CT molecular complexity index is 567. The van der Waals surface area contributed by atoms with Crippen molar-refractivity contribution < 1.29 is 24.2 Å². The van der Waals surface area contributed by atoms with E-state index < -0.39 is 5.97 Å². The quantitative estimate of drug-likeness (QED) is 0.901. The van der Waals surface area contributed by atoms with Crippen molar-refractivity contribution in [2.24, 2.45) is 0 Å². The molecule has 0 aliphatic carbocycles. The fourth-order valence-corrected chi connectivity index (χ4v) is 2.02. The highest BCUT2D eigenvalue weighted by Crippen LogP contribution is 2.32. The summed E-state index contributed by atoms with van der Waals surface area (Å²) in [5.41, 5.74) is 0.489. The summed E-state index contributed by atoms with van der Waals surface area (Å²) in [4.78, 5) is 35.6. The molecule has 1 amide bonds. The second-order valence-electron chi connectivity index (χ2n) is 4.58. The van der Waals surface area contributed by atoms with Crippen LogP contribution in [0.15, 0.2) is 18.2 Å². The molecule has 20 heavy (non-hydrogen) atoms. The monoisotopic (exact) mass is 277 g/mol. The van der Waals surface area contributed by atoms with Gasteiger partial charge < -0.3 is 14.7 Å². The largest absolute Gasteiger partial charge is 0.491 e. The normalized spacial score (nSPS) is 14.2. The van der Waals surface area contributed by atoms with Crippen molar-refractivity contribution >= 4 is 23.3 Å². The Kier molecular flexibility index (Phi) is 4.02. The van der Waals surface area contributed by atoms with Gasteiger partial charge in [-0.2, -0.15) is 0 Å². The summed E-state index contributed by atoms with van der Waals surface area (Å²) >= 11 is 0. The molecule has 0 saturated carbocycles. The third-order valence-corrected chi connectivity index (χ3v) is 3.06. The lowest BCUT2D eigenvalue weighted by Gasteiger charge is -2.21. The zero-order chi connectivity index (χ0) is 14.7. The van der Waals surface area contributed by atoms with Gasteiger partial charge in [0.05, 0.1) is 24.3 Å². The number of carbonyl (C=O) groups excluding carboxylic acids is 2. The Morgan fingerprint density at radius 2 is 2.15 bits per heavy atom. The highest BCUT2D eigenvalue weighted by atomic mass is 16.5. The van der Waals surface area contributed by atoms with E-state index in [4.69, 9.17) is 9.84 Å². The van der Waals surface area contributed by atoms with Crippen LogP contribution in [0.5, 0.6) is 5.75 Å². The molecule has 1 aliphatic rings. The Hall–Kier alpha value is -2.37. The lowest BCUT2D eigenvalue weighted by molar-refractivity contribution is -0.119. The Morgan fingerprint density at radius 3 is 2.80 bits per heavy atom. The summed E-state index contributed by atoms with van der Waals surface area (Å²) in [6.07, 6.45) is 0.428. The minimum Gasteiger partial charge on any atom is -0.491 e. The summed E-state index contributed by atoms with van der Waals surface area (Å²) in [6, 6.07) is 4.37. The van der Waals surface area contributed by atoms with Crippen molar-refractivity contribution in [3.05, 3.63) is 23.8 Å². The van der Waals surface area contributed by atoms with Gasteiger partial charge in [0.25, 0.3) is 0 Å². The van der Waals surface area contributed by atoms with Crippen LogP contribution in [0.25, 0.3) is 0 Å². The van der Waals surface area contributed by atoms with E-state index in [0.29, 0.717) is 11.4 Å². The highest BCUT2D eigenvalue weighted by Gasteiger charge is 2.24. The molecule has 0 saturated heterocycles. The molecule has 1 N–H and O–H groups in total. The van der Waals surface area contributed by atoms with Crippen LogP contribution in [0, 0.1) is 0 Å². The van der Waals surface area contributed by atoms with Crippen LogP contribution in [0.1, 0.15) is 30.1 Å². The van der Waals surface area contributed by atoms with Crippen LogP contribution in [0.2, 0.25) is 0 Å². The Balaban J connectivity index is 2.40. The van der Waals surface area contributed by atoms with Crippen molar-refractivity contribution in [2.45, 2.75) is 19.8 Å². The van der Waals surface area contributed by atoms with Gasteiger partial charge in [0.15, 0.2) is 0 Å². The maximum atomic E-state index is 12.1. The zero-order valence-electron chi connectivity index (χ0n) is 11.1. The van der Waals surface area contributed by atoms with Crippen LogP contribution < -0.4 is 9.64 Å². The second kappa shape index (κ2) is 5.73. The zero-order valence-corrected chi connectivity index (χ0v) is 11.1. The van der Waals surface area contributed by atoms with Gasteiger partial charge in [-0.3, -0.25) is 9.59 Å². The van der Waals surface area contributed by atoms with E-state index in [2.05, 4.69) is 0 Å². The molecular formula is C14H15NO5. The number of fused-ring (bicyclic) bond motifs is 1. The van der Waals surface area contributed by atoms with Crippen molar-refractivity contribution in [1.29, 1.82) is 0 Å². The topological polar surface area (TPSA) is 83.9 Å². The third-order valence-electron chi connectivity index (χ3n) is 3.06. The van der Waals surface area contributed by atoms with E-state index in [9.17, 15) is 14.4 Å². The van der Waals surface area contributed by atoms with Gasteiger partial charge in [-0.15, -0.1) is 0 Å². The van der Waals surface area contributed by atoms with Crippen LogP contribution in [0.4, 0.5) is 5.69 Å². The number of benzene rings is 1. The summed E-state index contributed by atoms with van der Waals surface area (Å²) in [7, 11) is 0. The molecule has 0 radical (unpaired) electrons. The van der Waals surface area contributed by atoms with E-state index in [0.717, 1.165) is 0 Å². The van der Waals surface area contributed by atoms with Gasteiger partial charge in [-0.1, -0.05) is 0 Å². The van der Waals surface area contributed by atoms with Crippen LogP contribution in [-0.4, -0.2) is 35.9 Å². The van der Waals surface area contributed by atoms with E-state index in [1.54, 1.807) is 0 Å². The van der Waals surface area contributed by atoms with Gasteiger partial charge in [0, 0.05) is 13.0 Å². The van der Waals surface area contributed by atoms with E-state index in [1.165, 1.54) is 30.0 Å². The average molecular weight is 277 g/mol. The van der Waals surface area contributed by atoms with Crippen molar-refractivity contribution in [2.75, 3.05) is 18.1 Å². The number of amides is 1. The first-order chi connectivity index (χ1) is 9.49. The van der Waals surface area contributed by atoms with Crippen molar-refractivity contribution in [3.63, 3.8) is 0 Å². The van der Waals surface area contributed by atoms with Crippen molar-refractivity contribution in [1.82, 2.24) is 0 Å². The Labute approximate surface area is 115 Å². The van der Waals surface area contributed by atoms with E-state index in [1.807, 2.05) is 0 Å². The minimum atomic E-state index is -1.07. The molecule has 1 aromatic carbocycles. The molecule has 0 atom stereocenters. The minimum absolute atomic E-state index is 0.0288. The number of rotatable bonds is 4. The van der Waals surface area contributed by atoms with E-state index in [-0.39, 0.29) is 43.2 Å². The first kappa shape index (κ1) is 14.0. The number of hydrogen-bond donors (Lipinski definition) is 1. The van der Waals surface area contributed by atoms with Gasteiger partial charge >= 0.3 is 5.97 Å². The molecule has 2 rings (SSSR count). The lowest BCUT2D eigenvalue weighted by Crippen LogP contribution is -2.32. The summed E-state index contributed by atoms with van der Waals surface area (Å²) < 4.78 is 5.45. The van der Waals surface area contributed by atoms with Gasteiger partial charge in [-0.05, 0) is 25.1 Å². The number of anilines is 1. The molecule has 1 aliphatic heterocycles. The molecule has 0 bridgehead atoms. The number of Topliss-reactive ketones (excluding diaryl/α,β-unsaturated/α-hetero) is 1. The lowest BCUT2D eigenvalue weighted by atomic mass is 10.1. The number of ketones is 1. The molecule has 0 fully saturated rings. The fourth-order valence-electron chi connectivity index (χ4n) is 2.02. The SMILES string of the molecule is CC(=O)CCN1C(=O)CCOc2ccc(C(=O)O)cc21. The van der Waals surface area contributed by atoms with Crippen LogP contribution >= 0.6 is 0 Å². The summed E-state index contributed by atoms with van der Waals surface area (Å²) in [5.74, 6) is -0.813. The van der Waals surface area contributed by atoms with Gasteiger partial charge in [-0.25, -0.2) is 4.79 Å². The number of ether oxygens (including phenoxy) is 1. The van der Waals surface area contributed by atoms with Gasteiger partial charge in [0.2, 0.25) is 5.91 Å². The smallest absolute Gasteiger partial charge is 0.335 e. The summed E-state index contributed by atoms with van der Waals surface area (Å²) in [5, 5.41) is 9.03. The van der Waals surface area contributed by atoms with Crippen LogP contribution in [0.3, 0.4) is 0 Å². The molecular weight excluding hydrogens is 262 g/mol. The third kappa shape index (κ3) is 2.96. The number of aromatic carboxylic acids is 1. The molecule has 1 aromatic rings. The maximum Gasteiger partial charge on any atom is 0.335 e. The highest BCUT2D eigenvalue weighted by molar-refractivity contribution is 5.98. The molecule has 0 spiro atoms. The molecule has 0 aromatic heterocycles. The first-order valence-electron chi connectivity index (χ1n) is 6.29. The number of nitrogens with zero attached hydrogens (tertiary/aromatic N) is 1. The van der Waals surface area contributed by atoms with Gasteiger partial charge in [0.1, 0.15) is 11.5 Å². The number of carbonyl (C=O) groups is 3. The average Bonchev–Trinajstić information content (AvgIpc) is 2.54. The first-order valence-corrected chi connectivity index (χ1v) is 6.29. The van der Waals surface area contributed by atoms with E-state index >= 15 is 0 Å². The fraction of sp³-hybridized carbons (Fsp3) is 0.357. The second-order valence-corrected chi connectivity index (χ2v) is 4.58. The predicted octanol–water partition coefficient (Wildman–Crippen LogP) is 1.48. The number of hydrogen-bond acceptors (Lipinski definition) is 4.